The quantitative estimate of drug-likeness (QED) is 0.795. The van der Waals surface area contributed by atoms with Crippen LogP contribution in [0.2, 0.25) is 0 Å². The summed E-state index contributed by atoms with van der Waals surface area (Å²) >= 11 is 0. The zero-order valence-electron chi connectivity index (χ0n) is 13.0. The van der Waals surface area contributed by atoms with Gasteiger partial charge in [-0.2, -0.15) is 0 Å². The van der Waals surface area contributed by atoms with Crippen LogP contribution in [0.4, 0.5) is 0 Å². The zero-order valence-corrected chi connectivity index (χ0v) is 13.0. The van der Waals surface area contributed by atoms with Gasteiger partial charge in [-0.15, -0.1) is 0 Å². The summed E-state index contributed by atoms with van der Waals surface area (Å²) in [5.74, 6) is 2.09. The monoisotopic (exact) mass is 291 g/mol. The van der Waals surface area contributed by atoms with Crippen LogP contribution in [0.25, 0.3) is 0 Å². The van der Waals surface area contributed by atoms with Crippen LogP contribution in [-0.2, 0) is 14.3 Å². The summed E-state index contributed by atoms with van der Waals surface area (Å²) in [6.07, 6.45) is 7.67. The van der Waals surface area contributed by atoms with Gasteiger partial charge in [0.25, 0.3) is 0 Å². The first-order valence-electron chi connectivity index (χ1n) is 8.39. The number of carbonyl (C=O) groups is 2. The van der Waals surface area contributed by atoms with Crippen molar-refractivity contribution in [1.29, 1.82) is 0 Å². The van der Waals surface area contributed by atoms with Gasteiger partial charge in [0, 0.05) is 11.8 Å². The number of amides is 1. The zero-order chi connectivity index (χ0) is 14.8. The Morgan fingerprint density at radius 1 is 1.05 bits per heavy atom. The van der Waals surface area contributed by atoms with E-state index in [0.717, 1.165) is 37.0 Å². The van der Waals surface area contributed by atoms with Crippen molar-refractivity contribution in [1.82, 2.24) is 5.32 Å². The van der Waals surface area contributed by atoms with Crippen LogP contribution < -0.4 is 5.32 Å². The molecule has 1 N–H and O–H groups in total. The Morgan fingerprint density at radius 3 is 2.00 bits per heavy atom. The van der Waals surface area contributed by atoms with Crippen molar-refractivity contribution < 1.29 is 14.3 Å². The lowest BCUT2D eigenvalue weighted by Crippen LogP contribution is -2.55. The summed E-state index contributed by atoms with van der Waals surface area (Å²) in [5.41, 5.74) is -0.627. The number of ether oxygens (including phenoxy) is 1. The largest absolute Gasteiger partial charge is 0.458 e. The Kier molecular flexibility index (Phi) is 2.74. The Labute approximate surface area is 126 Å². The lowest BCUT2D eigenvalue weighted by atomic mass is 9.49. The Hall–Kier alpha value is -1.06. The first-order chi connectivity index (χ1) is 9.85. The molecule has 0 aromatic rings. The third-order valence-corrected chi connectivity index (χ3v) is 6.18. The van der Waals surface area contributed by atoms with E-state index in [-0.39, 0.29) is 17.3 Å². The molecule has 1 heterocycles. The molecule has 1 unspecified atom stereocenters. The Morgan fingerprint density at radius 2 is 1.57 bits per heavy atom. The summed E-state index contributed by atoms with van der Waals surface area (Å²) in [4.78, 5) is 24.8. The van der Waals surface area contributed by atoms with E-state index in [9.17, 15) is 9.59 Å². The van der Waals surface area contributed by atoms with Crippen molar-refractivity contribution in [3.8, 4) is 0 Å². The molecule has 1 aliphatic heterocycles. The predicted octanol–water partition coefficient (Wildman–Crippen LogP) is 2.41. The Bertz CT molecular complexity index is 461. The SMILES string of the molecule is CC1(C)CC(NC(=O)C23CC4CC(CC(C4)C2)C3)C(=O)O1. The van der Waals surface area contributed by atoms with E-state index in [4.69, 9.17) is 4.74 Å². The Balaban J connectivity index is 1.49. The highest BCUT2D eigenvalue weighted by Gasteiger charge is 2.55. The van der Waals surface area contributed by atoms with Gasteiger partial charge in [0.1, 0.15) is 11.6 Å². The molecule has 4 aliphatic carbocycles. The number of cyclic esters (lactones) is 1. The van der Waals surface area contributed by atoms with Gasteiger partial charge in [-0.05, 0) is 70.1 Å². The van der Waals surface area contributed by atoms with E-state index >= 15 is 0 Å². The van der Waals surface area contributed by atoms with Crippen molar-refractivity contribution >= 4 is 11.9 Å². The first kappa shape index (κ1) is 13.6. The van der Waals surface area contributed by atoms with Gasteiger partial charge >= 0.3 is 5.97 Å². The molecule has 1 saturated heterocycles. The lowest BCUT2D eigenvalue weighted by molar-refractivity contribution is -0.152. The molecule has 5 aliphatic rings. The van der Waals surface area contributed by atoms with Crippen molar-refractivity contribution in [3.05, 3.63) is 0 Å². The average Bonchev–Trinajstić information content (AvgIpc) is 2.60. The molecule has 0 spiro atoms. The van der Waals surface area contributed by atoms with Crippen molar-refractivity contribution in [2.24, 2.45) is 23.2 Å². The number of esters is 1. The second kappa shape index (κ2) is 4.23. The highest BCUT2D eigenvalue weighted by atomic mass is 16.6. The van der Waals surface area contributed by atoms with Crippen molar-refractivity contribution in [3.63, 3.8) is 0 Å². The molecule has 1 amide bonds. The van der Waals surface area contributed by atoms with Crippen LogP contribution in [0.1, 0.15) is 58.8 Å². The van der Waals surface area contributed by atoms with Crippen molar-refractivity contribution in [2.45, 2.75) is 70.4 Å². The highest BCUT2D eigenvalue weighted by Crippen LogP contribution is 2.60. The van der Waals surface area contributed by atoms with Crippen LogP contribution in [0.5, 0.6) is 0 Å². The number of carbonyl (C=O) groups excluding carboxylic acids is 2. The average molecular weight is 291 g/mol. The maximum atomic E-state index is 12.9. The van der Waals surface area contributed by atoms with Gasteiger partial charge in [-0.25, -0.2) is 4.79 Å². The molecule has 4 heteroatoms. The summed E-state index contributed by atoms with van der Waals surface area (Å²) in [6.45, 7) is 3.81. The number of nitrogens with one attached hydrogen (secondary N) is 1. The summed E-state index contributed by atoms with van der Waals surface area (Å²) in [7, 11) is 0. The van der Waals surface area contributed by atoms with Crippen LogP contribution in [0.15, 0.2) is 0 Å². The summed E-state index contributed by atoms with van der Waals surface area (Å²) in [6, 6.07) is -0.444. The van der Waals surface area contributed by atoms with Crippen LogP contribution in [0.3, 0.4) is 0 Å². The molecule has 5 rings (SSSR count). The fourth-order valence-corrected chi connectivity index (χ4v) is 5.77. The van der Waals surface area contributed by atoms with Crippen LogP contribution in [0, 0.1) is 23.2 Å². The molecule has 4 nitrogen and oxygen atoms in total. The van der Waals surface area contributed by atoms with Gasteiger partial charge in [0.15, 0.2) is 0 Å². The molecule has 0 aromatic carbocycles. The van der Waals surface area contributed by atoms with E-state index in [1.54, 1.807) is 0 Å². The summed E-state index contributed by atoms with van der Waals surface area (Å²) in [5, 5.41) is 3.03. The molecule has 21 heavy (non-hydrogen) atoms. The smallest absolute Gasteiger partial charge is 0.329 e. The number of rotatable bonds is 2. The normalized spacial score (nSPS) is 46.5. The van der Waals surface area contributed by atoms with Gasteiger partial charge in [-0.3, -0.25) is 4.79 Å². The topological polar surface area (TPSA) is 55.4 Å². The maximum absolute atomic E-state index is 12.9. The minimum Gasteiger partial charge on any atom is -0.458 e. The fraction of sp³-hybridized carbons (Fsp3) is 0.882. The number of hydrogen-bond acceptors (Lipinski definition) is 3. The summed E-state index contributed by atoms with van der Waals surface area (Å²) < 4.78 is 5.33. The molecular weight excluding hydrogens is 266 g/mol. The molecular formula is C17H25NO3. The minimum absolute atomic E-state index is 0.126. The van der Waals surface area contributed by atoms with Crippen molar-refractivity contribution in [2.75, 3.05) is 0 Å². The standard InChI is InChI=1S/C17H25NO3/c1-16(2)9-13(14(19)21-16)18-15(20)17-6-10-3-11(7-17)5-12(4-10)8-17/h10-13H,3-9H2,1-2H3,(H,18,20). The van der Waals surface area contributed by atoms with E-state index in [1.165, 1.54) is 19.3 Å². The molecule has 5 fully saturated rings. The van der Waals surface area contributed by atoms with E-state index in [1.807, 2.05) is 13.8 Å². The molecule has 0 radical (unpaired) electrons. The minimum atomic E-state index is -0.448. The maximum Gasteiger partial charge on any atom is 0.329 e. The van der Waals surface area contributed by atoms with Gasteiger partial charge in [0.05, 0.1) is 0 Å². The predicted molar refractivity (Wildman–Crippen MR) is 77.3 cm³/mol. The number of hydrogen-bond donors (Lipinski definition) is 1. The molecule has 116 valence electrons. The molecule has 4 bridgehead atoms. The van der Waals surface area contributed by atoms with Gasteiger partial charge in [0.2, 0.25) is 5.91 Å². The third-order valence-electron chi connectivity index (χ3n) is 6.18. The van der Waals surface area contributed by atoms with Crippen LogP contribution >= 0.6 is 0 Å². The third kappa shape index (κ3) is 2.18. The molecule has 1 atom stereocenters. The first-order valence-corrected chi connectivity index (χ1v) is 8.39. The van der Waals surface area contributed by atoms with E-state index < -0.39 is 11.6 Å². The van der Waals surface area contributed by atoms with E-state index in [0.29, 0.717) is 6.42 Å². The highest BCUT2D eigenvalue weighted by molar-refractivity contribution is 5.89. The molecule has 0 aromatic heterocycles. The fourth-order valence-electron chi connectivity index (χ4n) is 5.77. The van der Waals surface area contributed by atoms with Crippen LogP contribution in [-0.4, -0.2) is 23.5 Å². The van der Waals surface area contributed by atoms with E-state index in [2.05, 4.69) is 5.32 Å². The second-order valence-electron chi connectivity index (χ2n) is 8.61. The second-order valence-corrected chi connectivity index (χ2v) is 8.61. The molecule has 4 saturated carbocycles. The lowest BCUT2D eigenvalue weighted by Gasteiger charge is -2.55. The van der Waals surface area contributed by atoms with Gasteiger partial charge < -0.3 is 10.1 Å². The van der Waals surface area contributed by atoms with Gasteiger partial charge in [-0.1, -0.05) is 0 Å².